The highest BCUT2D eigenvalue weighted by atomic mass is 32.2. The van der Waals surface area contributed by atoms with Crippen LogP contribution in [-0.4, -0.2) is 15.0 Å². The fourth-order valence-corrected chi connectivity index (χ4v) is 2.64. The molecule has 3 N–H and O–H groups in total. The van der Waals surface area contributed by atoms with Gasteiger partial charge in [-0.25, -0.2) is 0 Å². The molecule has 0 aliphatic carbocycles. The number of rotatable bonds is 5. The van der Waals surface area contributed by atoms with Crippen molar-refractivity contribution in [2.24, 2.45) is 0 Å². The molecule has 0 amide bonds. The molecule has 116 valence electrons. The van der Waals surface area contributed by atoms with Crippen molar-refractivity contribution in [3.63, 3.8) is 0 Å². The Hall–Kier alpha value is -2.87. The van der Waals surface area contributed by atoms with Crippen molar-refractivity contribution < 1.29 is 4.73 Å². The molecule has 0 bridgehead atoms. The van der Waals surface area contributed by atoms with E-state index >= 15 is 0 Å². The average Bonchev–Trinajstić information content (AvgIpc) is 2.54. The molecule has 0 radical (unpaired) electrons. The molecule has 7 nitrogen and oxygen atoms in total. The van der Waals surface area contributed by atoms with Gasteiger partial charge in [0.2, 0.25) is 11.9 Å². The number of nitrogens with one attached hydrogen (secondary N) is 1. The number of nitrogens with two attached hydrogens (primary N) is 1. The van der Waals surface area contributed by atoms with Gasteiger partial charge in [0, 0.05) is 17.8 Å². The third-order valence-electron chi connectivity index (χ3n) is 2.87. The second-order valence-electron chi connectivity index (χ2n) is 4.58. The molecular weight excluding hydrogens is 312 g/mol. The van der Waals surface area contributed by atoms with Gasteiger partial charge >= 0.3 is 0 Å². The van der Waals surface area contributed by atoms with E-state index in [2.05, 4.69) is 20.3 Å². The summed E-state index contributed by atoms with van der Waals surface area (Å²) < 4.78 is 0.804. The number of nitrogen functional groups attached to an aromatic ring is 1. The number of aromatic nitrogens is 4. The summed E-state index contributed by atoms with van der Waals surface area (Å²) in [5, 5.41) is 15.3. The van der Waals surface area contributed by atoms with Gasteiger partial charge in [-0.2, -0.15) is 19.7 Å². The van der Waals surface area contributed by atoms with Crippen molar-refractivity contribution in [2.45, 2.75) is 10.8 Å². The largest absolute Gasteiger partial charge is 0.618 e. The first kappa shape index (κ1) is 15.0. The Morgan fingerprint density at radius 2 is 1.83 bits per heavy atom. The SMILES string of the molecule is Nc1nc(CSc2cccc[n+]2[O-])nc(Nc2ccccc2)n1. The zero-order valence-electron chi connectivity index (χ0n) is 12.1. The highest BCUT2D eigenvalue weighted by Crippen LogP contribution is 2.19. The third-order valence-corrected chi connectivity index (χ3v) is 3.88. The van der Waals surface area contributed by atoms with Crippen LogP contribution in [0.15, 0.2) is 59.8 Å². The van der Waals surface area contributed by atoms with E-state index in [1.54, 1.807) is 18.2 Å². The molecule has 2 aromatic heterocycles. The van der Waals surface area contributed by atoms with E-state index < -0.39 is 0 Å². The van der Waals surface area contributed by atoms with Gasteiger partial charge in [-0.15, -0.1) is 0 Å². The minimum Gasteiger partial charge on any atom is -0.618 e. The molecule has 0 spiro atoms. The van der Waals surface area contributed by atoms with Gasteiger partial charge in [0.25, 0.3) is 5.03 Å². The molecule has 0 atom stereocenters. The number of anilines is 3. The number of hydrogen-bond donors (Lipinski definition) is 2. The minimum absolute atomic E-state index is 0.136. The predicted molar refractivity (Wildman–Crippen MR) is 88.9 cm³/mol. The van der Waals surface area contributed by atoms with Crippen molar-refractivity contribution >= 4 is 29.3 Å². The second-order valence-corrected chi connectivity index (χ2v) is 5.57. The van der Waals surface area contributed by atoms with E-state index in [1.807, 2.05) is 30.3 Å². The van der Waals surface area contributed by atoms with Crippen LogP contribution in [-0.2, 0) is 5.75 Å². The van der Waals surface area contributed by atoms with Gasteiger partial charge in [-0.05, 0) is 30.0 Å². The highest BCUT2D eigenvalue weighted by Gasteiger charge is 2.09. The van der Waals surface area contributed by atoms with Crippen molar-refractivity contribution in [3.8, 4) is 0 Å². The summed E-state index contributed by atoms with van der Waals surface area (Å²) in [6.45, 7) is 0. The van der Waals surface area contributed by atoms with Crippen LogP contribution in [0.25, 0.3) is 0 Å². The lowest BCUT2D eigenvalue weighted by Crippen LogP contribution is -2.27. The molecule has 1 aromatic carbocycles. The molecule has 0 aliphatic rings. The molecule has 8 heteroatoms. The Balaban J connectivity index is 1.74. The molecule has 23 heavy (non-hydrogen) atoms. The fourth-order valence-electron chi connectivity index (χ4n) is 1.87. The number of pyridine rings is 1. The molecule has 0 saturated heterocycles. The van der Waals surface area contributed by atoms with Gasteiger partial charge in [-0.3, -0.25) is 0 Å². The number of benzene rings is 1. The second kappa shape index (κ2) is 6.93. The average molecular weight is 326 g/mol. The molecule has 3 rings (SSSR count). The number of thioether (sulfide) groups is 1. The zero-order valence-corrected chi connectivity index (χ0v) is 12.9. The van der Waals surface area contributed by atoms with Crippen LogP contribution >= 0.6 is 11.8 Å². The highest BCUT2D eigenvalue weighted by molar-refractivity contribution is 7.98. The van der Waals surface area contributed by atoms with E-state index in [9.17, 15) is 5.21 Å². The normalized spacial score (nSPS) is 10.4. The fraction of sp³-hybridized carbons (Fsp3) is 0.0667. The van der Waals surface area contributed by atoms with Crippen molar-refractivity contribution in [1.82, 2.24) is 15.0 Å². The van der Waals surface area contributed by atoms with Crippen LogP contribution in [0.3, 0.4) is 0 Å². The molecule has 0 aliphatic heterocycles. The summed E-state index contributed by atoms with van der Waals surface area (Å²) in [5.74, 6) is 1.44. The van der Waals surface area contributed by atoms with E-state index in [4.69, 9.17) is 5.73 Å². The van der Waals surface area contributed by atoms with Crippen LogP contribution in [0.5, 0.6) is 0 Å². The minimum atomic E-state index is 0.136. The van der Waals surface area contributed by atoms with Crippen LogP contribution in [0.2, 0.25) is 0 Å². The van der Waals surface area contributed by atoms with Gasteiger partial charge in [0.1, 0.15) is 5.82 Å². The summed E-state index contributed by atoms with van der Waals surface area (Å²) in [6, 6.07) is 14.8. The van der Waals surface area contributed by atoms with Gasteiger partial charge in [0.05, 0.1) is 5.75 Å². The van der Waals surface area contributed by atoms with Crippen molar-refractivity contribution in [1.29, 1.82) is 0 Å². The lowest BCUT2D eigenvalue weighted by atomic mass is 10.3. The Kier molecular flexibility index (Phi) is 4.53. The standard InChI is InChI=1S/C15H14N6OS/c16-14-18-12(10-23-13-8-4-5-9-21(13)22)19-15(20-14)17-11-6-2-1-3-7-11/h1-9H,10H2,(H3,16,17,18,19,20). The molecule has 3 aromatic rings. The van der Waals surface area contributed by atoms with Crippen LogP contribution in [0.1, 0.15) is 5.82 Å². The lowest BCUT2D eigenvalue weighted by Gasteiger charge is -2.07. The quantitative estimate of drug-likeness (QED) is 0.420. The van der Waals surface area contributed by atoms with Gasteiger partial charge < -0.3 is 16.3 Å². The van der Waals surface area contributed by atoms with Crippen LogP contribution < -0.4 is 15.8 Å². The third kappa shape index (κ3) is 4.07. The van der Waals surface area contributed by atoms with Crippen molar-refractivity contribution in [3.05, 3.63) is 65.8 Å². The predicted octanol–water partition coefficient (Wildman–Crippen LogP) is 2.12. The molecule has 0 unspecified atom stereocenters. The van der Waals surface area contributed by atoms with Gasteiger partial charge in [-0.1, -0.05) is 18.2 Å². The molecular formula is C15H14N6OS. The zero-order chi connectivity index (χ0) is 16.1. The number of nitrogens with zero attached hydrogens (tertiary/aromatic N) is 4. The van der Waals surface area contributed by atoms with E-state index in [-0.39, 0.29) is 5.95 Å². The smallest absolute Gasteiger partial charge is 0.251 e. The first-order chi connectivity index (χ1) is 11.2. The number of para-hydroxylation sites is 1. The monoisotopic (exact) mass is 326 g/mol. The lowest BCUT2D eigenvalue weighted by molar-refractivity contribution is -0.645. The van der Waals surface area contributed by atoms with E-state index in [0.29, 0.717) is 22.6 Å². The topological polar surface area (TPSA) is 104 Å². The summed E-state index contributed by atoms with van der Waals surface area (Å²) in [4.78, 5) is 12.5. The maximum absolute atomic E-state index is 11.6. The first-order valence-corrected chi connectivity index (χ1v) is 7.83. The summed E-state index contributed by atoms with van der Waals surface area (Å²) in [5.41, 5.74) is 6.59. The maximum atomic E-state index is 11.6. The summed E-state index contributed by atoms with van der Waals surface area (Å²) in [6.07, 6.45) is 1.45. The maximum Gasteiger partial charge on any atom is 0.251 e. The Morgan fingerprint density at radius 1 is 1.04 bits per heavy atom. The Morgan fingerprint density at radius 3 is 2.61 bits per heavy atom. The molecule has 2 heterocycles. The summed E-state index contributed by atoms with van der Waals surface area (Å²) >= 11 is 1.34. The molecule has 0 fully saturated rings. The van der Waals surface area contributed by atoms with E-state index in [0.717, 1.165) is 10.4 Å². The Labute approximate surface area is 137 Å². The van der Waals surface area contributed by atoms with Gasteiger partial charge in [0.15, 0.2) is 6.20 Å². The van der Waals surface area contributed by atoms with E-state index in [1.165, 1.54) is 18.0 Å². The summed E-state index contributed by atoms with van der Waals surface area (Å²) in [7, 11) is 0. The number of hydrogen-bond acceptors (Lipinski definition) is 7. The van der Waals surface area contributed by atoms with Crippen molar-refractivity contribution in [2.75, 3.05) is 11.1 Å². The first-order valence-electron chi connectivity index (χ1n) is 6.84. The molecule has 0 saturated carbocycles. The van der Waals surface area contributed by atoms with Crippen LogP contribution in [0.4, 0.5) is 17.6 Å². The Bertz CT molecular complexity index is 799. The van der Waals surface area contributed by atoms with Crippen LogP contribution in [0, 0.1) is 5.21 Å².